The van der Waals surface area contributed by atoms with Crippen molar-refractivity contribution in [2.24, 2.45) is 0 Å². The molecule has 5 heteroatoms. The highest BCUT2D eigenvalue weighted by molar-refractivity contribution is 9.10. The van der Waals surface area contributed by atoms with E-state index in [0.29, 0.717) is 29.7 Å². The van der Waals surface area contributed by atoms with Crippen LogP contribution in [0.2, 0.25) is 5.02 Å². The number of aryl methyl sites for hydroxylation is 2. The molecule has 0 aromatic heterocycles. The van der Waals surface area contributed by atoms with Crippen LogP contribution in [0.3, 0.4) is 0 Å². The summed E-state index contributed by atoms with van der Waals surface area (Å²) in [6, 6.07) is 18.3. The van der Waals surface area contributed by atoms with Gasteiger partial charge in [0, 0.05) is 16.7 Å². The standard InChI is InChI=1S/C23H23BrClNO2/c1-15-4-6-17(7-5-15)14-28-23-20(25)11-18(12-22(23)27-3)13-26-21-9-8-19(24)10-16(21)2/h4-12,26H,13-14H2,1-3H3. The van der Waals surface area contributed by atoms with Crippen molar-refractivity contribution in [1.82, 2.24) is 0 Å². The Morgan fingerprint density at radius 2 is 1.71 bits per heavy atom. The maximum atomic E-state index is 6.50. The van der Waals surface area contributed by atoms with E-state index in [1.165, 1.54) is 11.1 Å². The van der Waals surface area contributed by atoms with Crippen LogP contribution in [0.4, 0.5) is 5.69 Å². The summed E-state index contributed by atoms with van der Waals surface area (Å²) in [4.78, 5) is 0. The van der Waals surface area contributed by atoms with Crippen LogP contribution in [0.1, 0.15) is 22.3 Å². The highest BCUT2D eigenvalue weighted by Gasteiger charge is 2.13. The molecule has 0 aliphatic carbocycles. The lowest BCUT2D eigenvalue weighted by Gasteiger charge is -2.15. The molecule has 0 fully saturated rings. The number of nitrogens with one attached hydrogen (secondary N) is 1. The number of anilines is 1. The molecule has 0 heterocycles. The van der Waals surface area contributed by atoms with Crippen molar-refractivity contribution in [3.63, 3.8) is 0 Å². The summed E-state index contributed by atoms with van der Waals surface area (Å²) in [7, 11) is 1.63. The Bertz CT molecular complexity index is 958. The van der Waals surface area contributed by atoms with Gasteiger partial charge in [-0.05, 0) is 60.9 Å². The molecule has 0 saturated carbocycles. The number of halogens is 2. The summed E-state index contributed by atoms with van der Waals surface area (Å²) in [6.07, 6.45) is 0. The number of methoxy groups -OCH3 is 1. The molecule has 0 bridgehead atoms. The molecule has 0 radical (unpaired) electrons. The molecular weight excluding hydrogens is 438 g/mol. The zero-order chi connectivity index (χ0) is 20.1. The van der Waals surface area contributed by atoms with Crippen LogP contribution in [-0.2, 0) is 13.2 Å². The number of ether oxygens (including phenoxy) is 2. The van der Waals surface area contributed by atoms with Crippen LogP contribution in [0.25, 0.3) is 0 Å². The van der Waals surface area contributed by atoms with Crippen molar-refractivity contribution in [2.45, 2.75) is 27.0 Å². The Morgan fingerprint density at radius 1 is 0.964 bits per heavy atom. The molecule has 0 amide bonds. The zero-order valence-electron chi connectivity index (χ0n) is 16.2. The van der Waals surface area contributed by atoms with E-state index in [-0.39, 0.29) is 0 Å². The molecule has 146 valence electrons. The van der Waals surface area contributed by atoms with Gasteiger partial charge in [0.2, 0.25) is 0 Å². The maximum absolute atomic E-state index is 6.50. The first-order valence-electron chi connectivity index (χ1n) is 9.01. The zero-order valence-corrected chi connectivity index (χ0v) is 18.5. The SMILES string of the molecule is COc1cc(CNc2ccc(Br)cc2C)cc(Cl)c1OCc1ccc(C)cc1. The summed E-state index contributed by atoms with van der Waals surface area (Å²) < 4.78 is 12.5. The summed E-state index contributed by atoms with van der Waals surface area (Å²) in [6.45, 7) is 5.21. The third kappa shape index (κ3) is 5.21. The minimum atomic E-state index is 0.437. The van der Waals surface area contributed by atoms with Crippen molar-refractivity contribution in [1.29, 1.82) is 0 Å². The van der Waals surface area contributed by atoms with Gasteiger partial charge < -0.3 is 14.8 Å². The van der Waals surface area contributed by atoms with Gasteiger partial charge in [0.15, 0.2) is 11.5 Å². The molecule has 28 heavy (non-hydrogen) atoms. The van der Waals surface area contributed by atoms with E-state index in [1.807, 2.05) is 18.2 Å². The lowest BCUT2D eigenvalue weighted by Crippen LogP contribution is -2.03. The van der Waals surface area contributed by atoms with Crippen LogP contribution < -0.4 is 14.8 Å². The Balaban J connectivity index is 1.72. The molecule has 0 aliphatic rings. The molecule has 0 saturated heterocycles. The lowest BCUT2D eigenvalue weighted by molar-refractivity contribution is 0.284. The maximum Gasteiger partial charge on any atom is 0.180 e. The fourth-order valence-corrected chi connectivity index (χ4v) is 3.64. The van der Waals surface area contributed by atoms with E-state index in [0.717, 1.165) is 21.3 Å². The number of hydrogen-bond donors (Lipinski definition) is 1. The van der Waals surface area contributed by atoms with E-state index in [4.69, 9.17) is 21.1 Å². The molecule has 0 atom stereocenters. The number of rotatable bonds is 7. The van der Waals surface area contributed by atoms with Gasteiger partial charge in [-0.15, -0.1) is 0 Å². The second-order valence-corrected chi connectivity index (χ2v) is 8.02. The van der Waals surface area contributed by atoms with Crippen molar-refractivity contribution in [3.05, 3.63) is 86.3 Å². The van der Waals surface area contributed by atoms with Crippen LogP contribution >= 0.6 is 27.5 Å². The van der Waals surface area contributed by atoms with Crippen LogP contribution in [0.15, 0.2) is 59.1 Å². The predicted octanol–water partition coefficient (Wildman–Crippen LogP) is 6.92. The second-order valence-electron chi connectivity index (χ2n) is 6.70. The molecule has 0 aliphatic heterocycles. The Labute approximate surface area is 179 Å². The Morgan fingerprint density at radius 3 is 2.39 bits per heavy atom. The Kier molecular flexibility index (Phi) is 6.87. The van der Waals surface area contributed by atoms with Crippen LogP contribution in [0, 0.1) is 13.8 Å². The smallest absolute Gasteiger partial charge is 0.180 e. The lowest BCUT2D eigenvalue weighted by atomic mass is 10.1. The minimum Gasteiger partial charge on any atom is -0.493 e. The van der Waals surface area contributed by atoms with E-state index in [2.05, 4.69) is 71.5 Å². The highest BCUT2D eigenvalue weighted by Crippen LogP contribution is 2.37. The van der Waals surface area contributed by atoms with Gasteiger partial charge in [0.05, 0.1) is 12.1 Å². The highest BCUT2D eigenvalue weighted by atomic mass is 79.9. The average Bonchev–Trinajstić information content (AvgIpc) is 2.67. The fourth-order valence-electron chi connectivity index (χ4n) is 2.88. The molecule has 0 spiro atoms. The van der Waals surface area contributed by atoms with Crippen LogP contribution in [0.5, 0.6) is 11.5 Å². The molecule has 3 aromatic rings. The quantitative estimate of drug-likeness (QED) is 0.415. The molecule has 0 unspecified atom stereocenters. The van der Waals surface area contributed by atoms with Gasteiger partial charge in [-0.3, -0.25) is 0 Å². The average molecular weight is 461 g/mol. The third-order valence-electron chi connectivity index (χ3n) is 4.46. The predicted molar refractivity (Wildman–Crippen MR) is 120 cm³/mol. The monoisotopic (exact) mass is 459 g/mol. The van der Waals surface area contributed by atoms with E-state index in [1.54, 1.807) is 7.11 Å². The van der Waals surface area contributed by atoms with Gasteiger partial charge in [-0.2, -0.15) is 0 Å². The van der Waals surface area contributed by atoms with Gasteiger partial charge in [-0.25, -0.2) is 0 Å². The molecule has 1 N–H and O–H groups in total. The van der Waals surface area contributed by atoms with Crippen molar-refractivity contribution >= 4 is 33.2 Å². The molecule has 3 nitrogen and oxygen atoms in total. The summed E-state index contributed by atoms with van der Waals surface area (Å²) in [5.74, 6) is 1.19. The second kappa shape index (κ2) is 9.35. The van der Waals surface area contributed by atoms with Gasteiger partial charge in [-0.1, -0.05) is 57.4 Å². The van der Waals surface area contributed by atoms with Crippen molar-refractivity contribution < 1.29 is 9.47 Å². The molecule has 3 rings (SSSR count). The largest absolute Gasteiger partial charge is 0.493 e. The first-order valence-corrected chi connectivity index (χ1v) is 10.2. The van der Waals surface area contributed by atoms with Crippen molar-refractivity contribution in [2.75, 3.05) is 12.4 Å². The van der Waals surface area contributed by atoms with E-state index >= 15 is 0 Å². The summed E-state index contributed by atoms with van der Waals surface area (Å²) >= 11 is 9.99. The normalized spacial score (nSPS) is 10.6. The van der Waals surface area contributed by atoms with Gasteiger partial charge in [0.1, 0.15) is 6.61 Å². The first-order chi connectivity index (χ1) is 13.5. The van der Waals surface area contributed by atoms with Gasteiger partial charge >= 0.3 is 0 Å². The minimum absolute atomic E-state index is 0.437. The number of benzene rings is 3. The van der Waals surface area contributed by atoms with Crippen molar-refractivity contribution in [3.8, 4) is 11.5 Å². The molecular formula is C23H23BrClNO2. The third-order valence-corrected chi connectivity index (χ3v) is 5.24. The van der Waals surface area contributed by atoms with E-state index in [9.17, 15) is 0 Å². The molecule has 3 aromatic carbocycles. The van der Waals surface area contributed by atoms with E-state index < -0.39 is 0 Å². The first kappa shape index (κ1) is 20.6. The van der Waals surface area contributed by atoms with Gasteiger partial charge in [0.25, 0.3) is 0 Å². The summed E-state index contributed by atoms with van der Waals surface area (Å²) in [5, 5.41) is 3.98. The Hall–Kier alpha value is -2.17. The van der Waals surface area contributed by atoms with Crippen LogP contribution in [-0.4, -0.2) is 7.11 Å². The number of hydrogen-bond acceptors (Lipinski definition) is 3. The topological polar surface area (TPSA) is 30.5 Å². The fraction of sp³-hybridized carbons (Fsp3) is 0.217. The summed E-state index contributed by atoms with van der Waals surface area (Å²) in [5.41, 5.74) is 5.58.